The molecule has 1 rings (SSSR count). The fourth-order valence-corrected chi connectivity index (χ4v) is 2.57. The average Bonchev–Trinajstić information content (AvgIpc) is 2.31. The van der Waals surface area contributed by atoms with E-state index in [-0.39, 0.29) is 0 Å². The van der Waals surface area contributed by atoms with Crippen LogP contribution in [0, 0.1) is 11.8 Å². The third-order valence-electron chi connectivity index (χ3n) is 3.25. The van der Waals surface area contributed by atoms with E-state index in [9.17, 15) is 0 Å². The molecule has 0 heterocycles. The van der Waals surface area contributed by atoms with Crippen molar-refractivity contribution in [3.63, 3.8) is 0 Å². The standard InChI is InChI=1S/C14H26/c1-4-6-13-7-5-8-14(10-9-13)11-12(2)3/h8,12-13H,4-7,9-11H2,1-3H3. The molecule has 1 aliphatic rings. The van der Waals surface area contributed by atoms with Gasteiger partial charge in [-0.15, -0.1) is 0 Å². The number of hydrogen-bond acceptors (Lipinski definition) is 0. The van der Waals surface area contributed by atoms with E-state index in [2.05, 4.69) is 26.8 Å². The molecular weight excluding hydrogens is 168 g/mol. The molecule has 0 bridgehead atoms. The van der Waals surface area contributed by atoms with E-state index in [0.29, 0.717) is 0 Å². The van der Waals surface area contributed by atoms with E-state index >= 15 is 0 Å². The Morgan fingerprint density at radius 1 is 1.36 bits per heavy atom. The van der Waals surface area contributed by atoms with Crippen molar-refractivity contribution < 1.29 is 0 Å². The first-order valence-corrected chi connectivity index (χ1v) is 6.40. The summed E-state index contributed by atoms with van der Waals surface area (Å²) in [5.41, 5.74) is 1.73. The zero-order valence-corrected chi connectivity index (χ0v) is 10.2. The lowest BCUT2D eigenvalue weighted by Gasteiger charge is -2.13. The van der Waals surface area contributed by atoms with Crippen LogP contribution in [0.3, 0.4) is 0 Å². The molecule has 0 aromatic rings. The number of allylic oxidation sites excluding steroid dienone is 2. The molecule has 82 valence electrons. The minimum Gasteiger partial charge on any atom is -0.0853 e. The highest BCUT2D eigenvalue weighted by Gasteiger charge is 2.12. The fourth-order valence-electron chi connectivity index (χ4n) is 2.57. The molecule has 0 fully saturated rings. The van der Waals surface area contributed by atoms with Crippen LogP contribution < -0.4 is 0 Å². The van der Waals surface area contributed by atoms with Gasteiger partial charge >= 0.3 is 0 Å². The Hall–Kier alpha value is -0.260. The van der Waals surface area contributed by atoms with Gasteiger partial charge in [0.25, 0.3) is 0 Å². The molecular formula is C14H26. The van der Waals surface area contributed by atoms with Crippen LogP contribution in [0.5, 0.6) is 0 Å². The van der Waals surface area contributed by atoms with Crippen LogP contribution in [-0.2, 0) is 0 Å². The van der Waals surface area contributed by atoms with Gasteiger partial charge < -0.3 is 0 Å². The lowest BCUT2D eigenvalue weighted by Crippen LogP contribution is -1.98. The van der Waals surface area contributed by atoms with Gasteiger partial charge in [0.1, 0.15) is 0 Å². The molecule has 0 aromatic carbocycles. The quantitative estimate of drug-likeness (QED) is 0.555. The van der Waals surface area contributed by atoms with Crippen molar-refractivity contribution in [2.24, 2.45) is 11.8 Å². The summed E-state index contributed by atoms with van der Waals surface area (Å²) >= 11 is 0. The van der Waals surface area contributed by atoms with Crippen LogP contribution in [-0.4, -0.2) is 0 Å². The predicted octanol–water partition coefficient (Wildman–Crippen LogP) is 4.95. The second kappa shape index (κ2) is 6.27. The SMILES string of the molecule is CCCC1CCC=C(CC(C)C)CC1. The van der Waals surface area contributed by atoms with Gasteiger partial charge in [-0.05, 0) is 43.9 Å². The Balaban J connectivity index is 2.33. The third kappa shape index (κ3) is 4.30. The Morgan fingerprint density at radius 2 is 2.14 bits per heavy atom. The molecule has 0 amide bonds. The number of hydrogen-bond donors (Lipinski definition) is 0. The smallest absolute Gasteiger partial charge is 0.0297 e. The van der Waals surface area contributed by atoms with Crippen LogP contribution in [0.1, 0.15) is 65.7 Å². The van der Waals surface area contributed by atoms with Crippen LogP contribution in [0.2, 0.25) is 0 Å². The molecule has 0 N–H and O–H groups in total. The molecule has 1 aliphatic carbocycles. The topological polar surface area (TPSA) is 0 Å². The lowest BCUT2D eigenvalue weighted by atomic mass is 9.93. The second-order valence-corrected chi connectivity index (χ2v) is 5.23. The molecule has 0 heteroatoms. The zero-order chi connectivity index (χ0) is 10.4. The summed E-state index contributed by atoms with van der Waals surface area (Å²) in [4.78, 5) is 0. The first kappa shape index (κ1) is 11.8. The van der Waals surface area contributed by atoms with Gasteiger partial charge in [-0.1, -0.05) is 45.3 Å². The van der Waals surface area contributed by atoms with Gasteiger partial charge in [-0.3, -0.25) is 0 Å². The summed E-state index contributed by atoms with van der Waals surface area (Å²) in [6, 6.07) is 0. The van der Waals surface area contributed by atoms with Crippen molar-refractivity contribution in [2.75, 3.05) is 0 Å². The van der Waals surface area contributed by atoms with Crippen molar-refractivity contribution in [3.05, 3.63) is 11.6 Å². The van der Waals surface area contributed by atoms with E-state index in [4.69, 9.17) is 0 Å². The van der Waals surface area contributed by atoms with E-state index in [1.54, 1.807) is 5.57 Å². The molecule has 0 spiro atoms. The molecule has 0 nitrogen and oxygen atoms in total. The summed E-state index contributed by atoms with van der Waals surface area (Å²) in [5, 5.41) is 0. The molecule has 0 aromatic heterocycles. The van der Waals surface area contributed by atoms with Crippen LogP contribution >= 0.6 is 0 Å². The minimum absolute atomic E-state index is 0.837. The average molecular weight is 194 g/mol. The van der Waals surface area contributed by atoms with Crippen LogP contribution in [0.4, 0.5) is 0 Å². The Labute approximate surface area is 89.8 Å². The van der Waals surface area contributed by atoms with E-state index in [0.717, 1.165) is 11.8 Å². The Kier molecular flexibility index (Phi) is 5.29. The van der Waals surface area contributed by atoms with Gasteiger partial charge in [0.2, 0.25) is 0 Å². The second-order valence-electron chi connectivity index (χ2n) is 5.23. The molecule has 0 saturated heterocycles. The van der Waals surface area contributed by atoms with Crippen molar-refractivity contribution >= 4 is 0 Å². The van der Waals surface area contributed by atoms with Gasteiger partial charge in [0.05, 0.1) is 0 Å². The molecule has 1 atom stereocenters. The zero-order valence-electron chi connectivity index (χ0n) is 10.2. The maximum Gasteiger partial charge on any atom is -0.0297 e. The maximum absolute atomic E-state index is 2.52. The summed E-state index contributed by atoms with van der Waals surface area (Å²) in [6.45, 7) is 6.97. The van der Waals surface area contributed by atoms with E-state index < -0.39 is 0 Å². The highest BCUT2D eigenvalue weighted by Crippen LogP contribution is 2.28. The Morgan fingerprint density at radius 3 is 2.79 bits per heavy atom. The van der Waals surface area contributed by atoms with Crippen molar-refractivity contribution in [1.29, 1.82) is 0 Å². The highest BCUT2D eigenvalue weighted by molar-refractivity contribution is 5.04. The predicted molar refractivity (Wildman–Crippen MR) is 64.4 cm³/mol. The summed E-state index contributed by atoms with van der Waals surface area (Å²) in [7, 11) is 0. The molecule has 14 heavy (non-hydrogen) atoms. The van der Waals surface area contributed by atoms with Gasteiger partial charge in [-0.25, -0.2) is 0 Å². The highest BCUT2D eigenvalue weighted by atomic mass is 14.2. The monoisotopic (exact) mass is 194 g/mol. The normalized spacial score (nSPS) is 23.4. The van der Waals surface area contributed by atoms with Crippen LogP contribution in [0.25, 0.3) is 0 Å². The first-order chi connectivity index (χ1) is 6.72. The van der Waals surface area contributed by atoms with Crippen LogP contribution in [0.15, 0.2) is 11.6 Å². The lowest BCUT2D eigenvalue weighted by molar-refractivity contribution is 0.425. The molecule has 0 aliphatic heterocycles. The third-order valence-corrected chi connectivity index (χ3v) is 3.25. The minimum atomic E-state index is 0.837. The van der Waals surface area contributed by atoms with Crippen molar-refractivity contribution in [1.82, 2.24) is 0 Å². The van der Waals surface area contributed by atoms with Gasteiger partial charge in [-0.2, -0.15) is 0 Å². The summed E-state index contributed by atoms with van der Waals surface area (Å²) in [5.74, 6) is 1.85. The first-order valence-electron chi connectivity index (χ1n) is 6.40. The molecule has 1 unspecified atom stereocenters. The summed E-state index contributed by atoms with van der Waals surface area (Å²) in [6.07, 6.45) is 12.3. The molecule has 0 saturated carbocycles. The van der Waals surface area contributed by atoms with Gasteiger partial charge in [0, 0.05) is 0 Å². The fraction of sp³-hybridized carbons (Fsp3) is 0.857. The summed E-state index contributed by atoms with van der Waals surface area (Å²) < 4.78 is 0. The Bertz CT molecular complexity index is 176. The van der Waals surface area contributed by atoms with Crippen molar-refractivity contribution in [2.45, 2.75) is 65.7 Å². The maximum atomic E-state index is 2.52. The van der Waals surface area contributed by atoms with E-state index in [1.807, 2.05) is 0 Å². The van der Waals surface area contributed by atoms with Crippen molar-refractivity contribution in [3.8, 4) is 0 Å². The van der Waals surface area contributed by atoms with Gasteiger partial charge in [0.15, 0.2) is 0 Å². The largest absolute Gasteiger partial charge is 0.0853 e. The van der Waals surface area contributed by atoms with E-state index in [1.165, 1.54) is 44.9 Å². The number of rotatable bonds is 4. The molecule has 0 radical (unpaired) electrons.